The van der Waals surface area contributed by atoms with Crippen molar-refractivity contribution in [1.29, 1.82) is 0 Å². The number of carbonyl (C=O) groups is 1. The zero-order chi connectivity index (χ0) is 19.6. The Bertz CT molecular complexity index is 982. The third-order valence-corrected chi connectivity index (χ3v) is 4.68. The molecular formula is C19H16F3N3OS. The third kappa shape index (κ3) is 4.00. The molecule has 0 saturated carbocycles. The van der Waals surface area contributed by atoms with Gasteiger partial charge in [0.2, 0.25) is 0 Å². The number of hydrogen-bond donors (Lipinski definition) is 1. The van der Waals surface area contributed by atoms with Crippen molar-refractivity contribution in [2.75, 3.05) is 11.6 Å². The van der Waals surface area contributed by atoms with Crippen LogP contribution in [0.3, 0.4) is 0 Å². The number of nitrogens with zero attached hydrogens (tertiary/aromatic N) is 2. The van der Waals surface area contributed by atoms with Crippen LogP contribution in [-0.4, -0.2) is 21.9 Å². The minimum atomic E-state index is -4.74. The fourth-order valence-corrected chi connectivity index (χ4v) is 3.13. The monoisotopic (exact) mass is 391 g/mol. The maximum absolute atomic E-state index is 13.7. The largest absolute Gasteiger partial charge is 0.434 e. The highest BCUT2D eigenvalue weighted by atomic mass is 32.2. The predicted octanol–water partition coefficient (Wildman–Crippen LogP) is 5.17. The van der Waals surface area contributed by atoms with E-state index in [0.29, 0.717) is 11.3 Å². The van der Waals surface area contributed by atoms with Crippen LogP contribution in [-0.2, 0) is 6.18 Å². The fraction of sp³-hybridized carbons (Fsp3) is 0.158. The lowest BCUT2D eigenvalue weighted by molar-refractivity contribution is -0.143. The number of benzene rings is 2. The summed E-state index contributed by atoms with van der Waals surface area (Å²) in [6.07, 6.45) is -1.93. The first-order valence-electron chi connectivity index (χ1n) is 7.98. The standard InChI is InChI=1S/C19H16F3N3OS/c1-12-6-3-4-9-16(12)25-17(19(20,21)22)15(11-23-25)18(26)24-13-7-5-8-14(10-13)27-2/h3-11H,1-2H3,(H,24,26). The third-order valence-electron chi connectivity index (χ3n) is 3.95. The molecule has 140 valence electrons. The molecule has 0 radical (unpaired) electrons. The van der Waals surface area contributed by atoms with Crippen molar-refractivity contribution in [3.63, 3.8) is 0 Å². The first-order valence-corrected chi connectivity index (χ1v) is 9.20. The highest BCUT2D eigenvalue weighted by Gasteiger charge is 2.40. The van der Waals surface area contributed by atoms with Crippen molar-refractivity contribution in [3.8, 4) is 5.69 Å². The van der Waals surface area contributed by atoms with Crippen LogP contribution in [0.5, 0.6) is 0 Å². The summed E-state index contributed by atoms with van der Waals surface area (Å²) < 4.78 is 42.0. The number of rotatable bonds is 4. The van der Waals surface area contributed by atoms with Gasteiger partial charge >= 0.3 is 6.18 Å². The van der Waals surface area contributed by atoms with E-state index in [2.05, 4.69) is 10.4 Å². The van der Waals surface area contributed by atoms with Crippen LogP contribution < -0.4 is 5.32 Å². The lowest BCUT2D eigenvalue weighted by Crippen LogP contribution is -2.21. The summed E-state index contributed by atoms with van der Waals surface area (Å²) in [6, 6.07) is 13.4. The Labute approximate surface area is 158 Å². The molecule has 1 aromatic heterocycles. The number of anilines is 1. The number of nitrogens with one attached hydrogen (secondary N) is 1. The Morgan fingerprint density at radius 3 is 2.56 bits per heavy atom. The predicted molar refractivity (Wildman–Crippen MR) is 99.5 cm³/mol. The zero-order valence-electron chi connectivity index (χ0n) is 14.5. The van der Waals surface area contributed by atoms with Crippen LogP contribution in [0.25, 0.3) is 5.69 Å². The van der Waals surface area contributed by atoms with E-state index in [4.69, 9.17) is 0 Å². The van der Waals surface area contributed by atoms with E-state index >= 15 is 0 Å². The molecule has 0 aliphatic rings. The molecule has 1 heterocycles. The molecule has 8 heteroatoms. The summed E-state index contributed by atoms with van der Waals surface area (Å²) in [5, 5.41) is 6.36. The molecule has 0 aliphatic carbocycles. The molecule has 0 fully saturated rings. The minimum absolute atomic E-state index is 0.272. The van der Waals surface area contributed by atoms with E-state index in [0.717, 1.165) is 15.8 Å². The van der Waals surface area contributed by atoms with Gasteiger partial charge in [-0.25, -0.2) is 4.68 Å². The Hall–Kier alpha value is -2.74. The number of thioether (sulfide) groups is 1. The van der Waals surface area contributed by atoms with E-state index in [1.54, 1.807) is 43.3 Å². The molecule has 4 nitrogen and oxygen atoms in total. The molecule has 27 heavy (non-hydrogen) atoms. The Kier molecular flexibility index (Phi) is 5.27. The number of amides is 1. The van der Waals surface area contributed by atoms with Crippen molar-refractivity contribution in [3.05, 3.63) is 71.5 Å². The Morgan fingerprint density at radius 2 is 1.89 bits per heavy atom. The lowest BCUT2D eigenvalue weighted by Gasteiger charge is -2.14. The van der Waals surface area contributed by atoms with Gasteiger partial charge in [0.15, 0.2) is 5.69 Å². The second kappa shape index (κ2) is 7.48. The Balaban J connectivity index is 2.03. The molecule has 0 saturated heterocycles. The van der Waals surface area contributed by atoms with Gasteiger partial charge < -0.3 is 5.32 Å². The summed E-state index contributed by atoms with van der Waals surface area (Å²) >= 11 is 1.47. The first kappa shape index (κ1) is 19.0. The lowest BCUT2D eigenvalue weighted by atomic mass is 10.1. The summed E-state index contributed by atoms with van der Waals surface area (Å²) in [5.74, 6) is -0.861. The summed E-state index contributed by atoms with van der Waals surface area (Å²) in [4.78, 5) is 13.4. The number of halogens is 3. The number of hydrogen-bond acceptors (Lipinski definition) is 3. The summed E-state index contributed by atoms with van der Waals surface area (Å²) in [7, 11) is 0. The normalized spacial score (nSPS) is 11.4. The van der Waals surface area contributed by atoms with E-state index in [-0.39, 0.29) is 5.69 Å². The number of alkyl halides is 3. The SMILES string of the molecule is CSc1cccc(NC(=O)c2cnn(-c3ccccc3C)c2C(F)(F)F)c1. The van der Waals surface area contributed by atoms with Crippen molar-refractivity contribution in [2.24, 2.45) is 0 Å². The van der Waals surface area contributed by atoms with Crippen molar-refractivity contribution in [1.82, 2.24) is 9.78 Å². The number of aryl methyl sites for hydroxylation is 1. The summed E-state index contributed by atoms with van der Waals surface area (Å²) in [5.41, 5.74) is -0.321. The average molecular weight is 391 g/mol. The Morgan fingerprint density at radius 1 is 1.15 bits per heavy atom. The van der Waals surface area contributed by atoms with E-state index in [9.17, 15) is 18.0 Å². The zero-order valence-corrected chi connectivity index (χ0v) is 15.4. The van der Waals surface area contributed by atoms with Crippen LogP contribution in [0.15, 0.2) is 59.6 Å². The molecule has 0 unspecified atom stereocenters. The van der Waals surface area contributed by atoms with E-state index in [1.807, 2.05) is 12.3 Å². The second-order valence-corrected chi connectivity index (χ2v) is 6.67. The van der Waals surface area contributed by atoms with Crippen LogP contribution in [0, 0.1) is 6.92 Å². The van der Waals surface area contributed by atoms with Gasteiger partial charge in [0.25, 0.3) is 5.91 Å². The topological polar surface area (TPSA) is 46.9 Å². The van der Waals surface area contributed by atoms with Gasteiger partial charge in [0, 0.05) is 10.6 Å². The fourth-order valence-electron chi connectivity index (χ4n) is 2.67. The van der Waals surface area contributed by atoms with E-state index in [1.165, 1.54) is 17.8 Å². The quantitative estimate of drug-likeness (QED) is 0.624. The summed E-state index contributed by atoms with van der Waals surface area (Å²) in [6.45, 7) is 1.69. The van der Waals surface area contributed by atoms with Gasteiger partial charge in [-0.1, -0.05) is 24.3 Å². The van der Waals surface area contributed by atoms with Crippen LogP contribution >= 0.6 is 11.8 Å². The van der Waals surface area contributed by atoms with E-state index < -0.39 is 23.3 Å². The molecule has 3 aromatic rings. The van der Waals surface area contributed by atoms with Crippen LogP contribution in [0.4, 0.5) is 18.9 Å². The molecular weight excluding hydrogens is 375 g/mol. The van der Waals surface area contributed by atoms with Crippen molar-refractivity contribution >= 4 is 23.4 Å². The van der Waals surface area contributed by atoms with Crippen molar-refractivity contribution in [2.45, 2.75) is 18.0 Å². The second-order valence-electron chi connectivity index (χ2n) is 5.79. The highest BCUT2D eigenvalue weighted by molar-refractivity contribution is 7.98. The first-order chi connectivity index (χ1) is 12.8. The van der Waals surface area contributed by atoms with Gasteiger partial charge in [0.05, 0.1) is 17.4 Å². The van der Waals surface area contributed by atoms with Gasteiger partial charge in [-0.15, -0.1) is 11.8 Å². The van der Waals surface area contributed by atoms with Gasteiger partial charge in [-0.3, -0.25) is 4.79 Å². The maximum atomic E-state index is 13.7. The minimum Gasteiger partial charge on any atom is -0.322 e. The van der Waals surface area contributed by atoms with Crippen molar-refractivity contribution < 1.29 is 18.0 Å². The van der Waals surface area contributed by atoms with Gasteiger partial charge in [-0.2, -0.15) is 18.3 Å². The van der Waals surface area contributed by atoms with Gasteiger partial charge in [0.1, 0.15) is 0 Å². The molecule has 0 aliphatic heterocycles. The number of carbonyl (C=O) groups excluding carboxylic acids is 1. The molecule has 3 rings (SSSR count). The number of aromatic nitrogens is 2. The maximum Gasteiger partial charge on any atom is 0.434 e. The molecule has 0 spiro atoms. The molecule has 1 N–H and O–H groups in total. The molecule has 0 atom stereocenters. The van der Waals surface area contributed by atoms with Crippen LogP contribution in [0.1, 0.15) is 21.6 Å². The molecule has 2 aromatic carbocycles. The average Bonchev–Trinajstić information content (AvgIpc) is 3.07. The van der Waals surface area contributed by atoms with Crippen LogP contribution in [0.2, 0.25) is 0 Å². The number of para-hydroxylation sites is 1. The molecule has 1 amide bonds. The smallest absolute Gasteiger partial charge is 0.322 e. The van der Waals surface area contributed by atoms with Gasteiger partial charge in [-0.05, 0) is 43.0 Å². The highest BCUT2D eigenvalue weighted by Crippen LogP contribution is 2.34. The molecule has 0 bridgehead atoms.